The molecular weight excluding hydrogens is 270 g/mol. The molecule has 1 aromatic heterocycles. The molecule has 1 fully saturated rings. The first-order valence-corrected chi connectivity index (χ1v) is 7.16. The lowest BCUT2D eigenvalue weighted by molar-refractivity contribution is 0.0615. The van der Waals surface area contributed by atoms with Crippen molar-refractivity contribution in [1.82, 2.24) is 8.75 Å². The average Bonchev–Trinajstić information content (AvgIpc) is 2.97. The van der Waals surface area contributed by atoms with Gasteiger partial charge < -0.3 is 10.4 Å². The van der Waals surface area contributed by atoms with Crippen molar-refractivity contribution < 1.29 is 5.11 Å². The van der Waals surface area contributed by atoms with Gasteiger partial charge in [-0.3, -0.25) is 0 Å². The van der Waals surface area contributed by atoms with E-state index in [0.29, 0.717) is 11.6 Å². The molecular formula is C12H14ClN3OS. The normalized spacial score (nSPS) is 18.3. The van der Waals surface area contributed by atoms with Gasteiger partial charge in [0.05, 0.1) is 28.0 Å². The van der Waals surface area contributed by atoms with Crippen LogP contribution in [0.1, 0.15) is 25.7 Å². The number of aliphatic hydroxyl groups is 1. The summed E-state index contributed by atoms with van der Waals surface area (Å²) in [5.41, 5.74) is 1.80. The average molecular weight is 284 g/mol. The molecule has 3 rings (SSSR count). The van der Waals surface area contributed by atoms with E-state index in [1.165, 1.54) is 11.7 Å². The number of rotatable bonds is 3. The predicted octanol–water partition coefficient (Wildman–Crippen LogP) is 3.06. The van der Waals surface area contributed by atoms with Crippen molar-refractivity contribution in [3.63, 3.8) is 0 Å². The summed E-state index contributed by atoms with van der Waals surface area (Å²) >= 11 is 7.36. The maximum atomic E-state index is 10.3. The van der Waals surface area contributed by atoms with Gasteiger partial charge in [0.2, 0.25) is 0 Å². The monoisotopic (exact) mass is 283 g/mol. The summed E-state index contributed by atoms with van der Waals surface area (Å²) in [7, 11) is 0. The number of nitrogens with one attached hydrogen (secondary N) is 1. The lowest BCUT2D eigenvalue weighted by atomic mass is 10.0. The van der Waals surface area contributed by atoms with Gasteiger partial charge in [-0.15, -0.1) is 0 Å². The Balaban J connectivity index is 1.85. The molecule has 0 unspecified atom stereocenters. The van der Waals surface area contributed by atoms with E-state index in [1.54, 1.807) is 0 Å². The van der Waals surface area contributed by atoms with Crippen LogP contribution in [0.25, 0.3) is 11.0 Å². The SMILES string of the molecule is OC1(CNc2c(Cl)ccc3nsnc23)CCCC1. The molecule has 0 bridgehead atoms. The molecule has 0 radical (unpaired) electrons. The van der Waals surface area contributed by atoms with Crippen LogP contribution in [0.3, 0.4) is 0 Å². The Morgan fingerprint density at radius 3 is 2.89 bits per heavy atom. The quantitative estimate of drug-likeness (QED) is 0.909. The zero-order valence-electron chi connectivity index (χ0n) is 9.82. The summed E-state index contributed by atoms with van der Waals surface area (Å²) in [5, 5.41) is 14.2. The van der Waals surface area contributed by atoms with Crippen molar-refractivity contribution in [3.8, 4) is 0 Å². The van der Waals surface area contributed by atoms with Crippen molar-refractivity contribution >= 4 is 40.0 Å². The van der Waals surface area contributed by atoms with E-state index in [-0.39, 0.29) is 0 Å². The Bertz CT molecular complexity index is 565. The highest BCUT2D eigenvalue weighted by Gasteiger charge is 2.31. The predicted molar refractivity (Wildman–Crippen MR) is 74.3 cm³/mol. The fraction of sp³-hybridized carbons (Fsp3) is 0.500. The smallest absolute Gasteiger partial charge is 0.129 e. The number of hydrogen-bond acceptors (Lipinski definition) is 5. The van der Waals surface area contributed by atoms with E-state index in [9.17, 15) is 5.11 Å². The van der Waals surface area contributed by atoms with Gasteiger partial charge in [0.15, 0.2) is 0 Å². The molecule has 1 aliphatic rings. The second-order valence-electron chi connectivity index (χ2n) is 4.84. The first-order chi connectivity index (χ1) is 8.68. The molecule has 0 spiro atoms. The second-order valence-corrected chi connectivity index (χ2v) is 5.77. The number of hydrogen-bond donors (Lipinski definition) is 2. The fourth-order valence-electron chi connectivity index (χ4n) is 2.46. The third-order valence-corrected chi connectivity index (χ3v) is 4.36. The Morgan fingerprint density at radius 2 is 2.11 bits per heavy atom. The van der Waals surface area contributed by atoms with Crippen molar-refractivity contribution in [2.75, 3.05) is 11.9 Å². The highest BCUT2D eigenvalue weighted by Crippen LogP contribution is 2.33. The van der Waals surface area contributed by atoms with E-state index in [2.05, 4.69) is 14.1 Å². The molecule has 1 saturated carbocycles. The largest absolute Gasteiger partial charge is 0.388 e. The van der Waals surface area contributed by atoms with Gasteiger partial charge in [-0.1, -0.05) is 24.4 Å². The number of nitrogens with zero attached hydrogens (tertiary/aromatic N) is 2. The maximum Gasteiger partial charge on any atom is 0.129 e. The molecule has 96 valence electrons. The molecule has 0 amide bonds. The van der Waals surface area contributed by atoms with E-state index in [0.717, 1.165) is 42.4 Å². The highest BCUT2D eigenvalue weighted by atomic mass is 35.5. The third kappa shape index (κ3) is 2.18. The minimum absolute atomic E-state index is 0.517. The van der Waals surface area contributed by atoms with Gasteiger partial charge in [-0.2, -0.15) is 8.75 Å². The van der Waals surface area contributed by atoms with E-state index in [4.69, 9.17) is 11.6 Å². The molecule has 1 aliphatic carbocycles. The molecule has 0 atom stereocenters. The molecule has 2 aromatic rings. The van der Waals surface area contributed by atoms with Gasteiger partial charge >= 0.3 is 0 Å². The lowest BCUT2D eigenvalue weighted by Crippen LogP contribution is -2.33. The maximum absolute atomic E-state index is 10.3. The van der Waals surface area contributed by atoms with E-state index in [1.807, 2.05) is 12.1 Å². The summed E-state index contributed by atoms with van der Waals surface area (Å²) in [5.74, 6) is 0. The molecule has 1 heterocycles. The molecule has 1 aromatic carbocycles. The van der Waals surface area contributed by atoms with E-state index < -0.39 is 5.60 Å². The van der Waals surface area contributed by atoms with Crippen LogP contribution >= 0.6 is 23.3 Å². The first-order valence-electron chi connectivity index (χ1n) is 6.05. The summed E-state index contributed by atoms with van der Waals surface area (Å²) in [4.78, 5) is 0. The van der Waals surface area contributed by atoms with Crippen molar-refractivity contribution in [2.24, 2.45) is 0 Å². The highest BCUT2D eigenvalue weighted by molar-refractivity contribution is 7.00. The summed E-state index contributed by atoms with van der Waals surface area (Å²) in [6.07, 6.45) is 3.88. The Hall–Kier alpha value is -0.910. The number of aromatic nitrogens is 2. The van der Waals surface area contributed by atoms with Crippen molar-refractivity contribution in [3.05, 3.63) is 17.2 Å². The van der Waals surface area contributed by atoms with Crippen LogP contribution in [0, 0.1) is 0 Å². The van der Waals surface area contributed by atoms with Gasteiger partial charge in [-0.05, 0) is 25.0 Å². The van der Waals surface area contributed by atoms with Crippen LogP contribution < -0.4 is 5.32 Å². The molecule has 0 aliphatic heterocycles. The molecule has 6 heteroatoms. The molecule has 0 saturated heterocycles. The van der Waals surface area contributed by atoms with Gasteiger partial charge in [-0.25, -0.2) is 0 Å². The van der Waals surface area contributed by atoms with Crippen molar-refractivity contribution in [1.29, 1.82) is 0 Å². The van der Waals surface area contributed by atoms with E-state index >= 15 is 0 Å². The standard InChI is InChI=1S/C12H14ClN3OS/c13-8-3-4-9-11(16-18-15-9)10(8)14-7-12(17)5-1-2-6-12/h3-4,14,17H,1-2,5-7H2. The lowest BCUT2D eigenvalue weighted by Gasteiger charge is -2.23. The first kappa shape index (κ1) is 12.1. The number of anilines is 1. The zero-order chi connectivity index (χ0) is 12.6. The topological polar surface area (TPSA) is 58.0 Å². The van der Waals surface area contributed by atoms with Gasteiger partial charge in [0.1, 0.15) is 11.0 Å². The number of benzene rings is 1. The van der Waals surface area contributed by atoms with Crippen LogP contribution in [0.2, 0.25) is 5.02 Å². The Labute approximate surface area is 114 Å². The zero-order valence-corrected chi connectivity index (χ0v) is 11.4. The second kappa shape index (κ2) is 4.64. The number of halogens is 1. The minimum atomic E-state index is -0.602. The minimum Gasteiger partial charge on any atom is -0.388 e. The van der Waals surface area contributed by atoms with Crippen LogP contribution in [0.4, 0.5) is 5.69 Å². The van der Waals surface area contributed by atoms with Crippen LogP contribution in [-0.4, -0.2) is 26.0 Å². The van der Waals surface area contributed by atoms with Crippen LogP contribution in [0.5, 0.6) is 0 Å². The van der Waals surface area contributed by atoms with Gasteiger partial charge in [0, 0.05) is 6.54 Å². The summed E-state index contributed by atoms with van der Waals surface area (Å²) in [6.45, 7) is 0.517. The summed E-state index contributed by atoms with van der Waals surface area (Å²) < 4.78 is 8.44. The van der Waals surface area contributed by atoms with Gasteiger partial charge in [0.25, 0.3) is 0 Å². The van der Waals surface area contributed by atoms with Crippen molar-refractivity contribution in [2.45, 2.75) is 31.3 Å². The summed E-state index contributed by atoms with van der Waals surface area (Å²) in [6, 6.07) is 3.67. The Morgan fingerprint density at radius 1 is 1.33 bits per heavy atom. The molecule has 4 nitrogen and oxygen atoms in total. The fourth-order valence-corrected chi connectivity index (χ4v) is 3.22. The molecule has 18 heavy (non-hydrogen) atoms. The Kier molecular flexibility index (Phi) is 3.13. The number of fused-ring (bicyclic) bond motifs is 1. The third-order valence-electron chi connectivity index (χ3n) is 3.51. The van der Waals surface area contributed by atoms with Crippen LogP contribution in [0.15, 0.2) is 12.1 Å². The molecule has 2 N–H and O–H groups in total. The van der Waals surface area contributed by atoms with Crippen LogP contribution in [-0.2, 0) is 0 Å².